The van der Waals surface area contributed by atoms with Gasteiger partial charge in [-0.3, -0.25) is 23.9 Å². The molecular weight excluding hydrogens is 528 g/mol. The van der Waals surface area contributed by atoms with Gasteiger partial charge in [-0.1, -0.05) is 18.2 Å². The van der Waals surface area contributed by atoms with Crippen molar-refractivity contribution in [1.82, 2.24) is 9.55 Å². The molecule has 5 rings (SSSR count). The monoisotopic (exact) mass is 548 g/mol. The standard InChI is InChI=1S/C20H12O7.C7H8N2O4/c21-13-7-5-11-15(9-3-1-2-4-10(9)20(25)26)12-6-8-14(22)17(24)19(12)27-18(11)16(13)23;1-4-2-9(3-5(10)11)7(13)8-6(4)12/h1-8,21,23-24H,(H,25,26);2H,3H2,1H3,(H,10,11)(H,8,12,13). The van der Waals surface area contributed by atoms with Crippen molar-refractivity contribution < 1.29 is 39.5 Å². The first kappa shape index (κ1) is 27.2. The Bertz CT molecular complexity index is 1950. The van der Waals surface area contributed by atoms with Crippen LogP contribution >= 0.6 is 0 Å². The maximum atomic E-state index is 11.8. The molecule has 0 unspecified atom stereocenters. The van der Waals surface area contributed by atoms with Crippen LogP contribution in [0, 0.1) is 6.92 Å². The summed E-state index contributed by atoms with van der Waals surface area (Å²) in [4.78, 5) is 57.6. The van der Waals surface area contributed by atoms with E-state index in [0.717, 1.165) is 10.6 Å². The maximum absolute atomic E-state index is 11.8. The number of hydrogen-bond acceptors (Lipinski definition) is 9. The van der Waals surface area contributed by atoms with Gasteiger partial charge in [0.25, 0.3) is 5.56 Å². The minimum Gasteiger partial charge on any atom is -0.504 e. The third-order valence-electron chi connectivity index (χ3n) is 5.87. The van der Waals surface area contributed by atoms with E-state index < -0.39 is 52.4 Å². The number of aromatic hydroxyl groups is 3. The summed E-state index contributed by atoms with van der Waals surface area (Å²) in [5.41, 5.74) is -0.844. The second-order valence-electron chi connectivity index (χ2n) is 8.52. The molecule has 2 heterocycles. The molecule has 0 radical (unpaired) electrons. The number of phenolic OH excluding ortho intramolecular Hbond substituents is 3. The molecule has 1 aromatic heterocycles. The van der Waals surface area contributed by atoms with Crippen molar-refractivity contribution in [2.45, 2.75) is 13.5 Å². The highest BCUT2D eigenvalue weighted by atomic mass is 16.4. The van der Waals surface area contributed by atoms with Gasteiger partial charge in [-0.25, -0.2) is 9.59 Å². The summed E-state index contributed by atoms with van der Waals surface area (Å²) in [6.45, 7) is 1.05. The van der Waals surface area contributed by atoms with Crippen LogP contribution in [0.3, 0.4) is 0 Å². The number of aromatic amines is 1. The molecule has 3 aromatic rings. The van der Waals surface area contributed by atoms with Crippen LogP contribution in [0.5, 0.6) is 17.2 Å². The van der Waals surface area contributed by atoms with Crippen LogP contribution in [0.1, 0.15) is 15.9 Å². The molecule has 0 saturated heterocycles. The summed E-state index contributed by atoms with van der Waals surface area (Å²) in [6, 6.07) is 11.5. The zero-order valence-corrected chi connectivity index (χ0v) is 20.5. The number of carboxylic acids is 2. The Labute approximate surface area is 222 Å². The van der Waals surface area contributed by atoms with Gasteiger partial charge in [0.1, 0.15) is 6.54 Å². The number of benzene rings is 3. The number of aliphatic carboxylic acids is 1. The van der Waals surface area contributed by atoms with Crippen molar-refractivity contribution in [2.24, 2.45) is 0 Å². The number of aromatic nitrogens is 2. The first-order valence-corrected chi connectivity index (χ1v) is 11.4. The predicted octanol–water partition coefficient (Wildman–Crippen LogP) is 2.31. The zero-order chi connectivity index (χ0) is 29.3. The molecule has 2 aromatic carbocycles. The van der Waals surface area contributed by atoms with Crippen LogP contribution in [0.2, 0.25) is 0 Å². The number of nitrogens with one attached hydrogen (secondary N) is 1. The van der Waals surface area contributed by atoms with Crippen molar-refractivity contribution in [3.05, 3.63) is 96.9 Å². The molecule has 0 bridgehead atoms. The van der Waals surface area contributed by atoms with E-state index in [0.29, 0.717) is 27.6 Å². The smallest absolute Gasteiger partial charge is 0.336 e. The van der Waals surface area contributed by atoms with Gasteiger partial charge in [0.2, 0.25) is 16.9 Å². The molecule has 1 aliphatic carbocycles. The summed E-state index contributed by atoms with van der Waals surface area (Å²) in [5.74, 6) is -4.23. The first-order chi connectivity index (χ1) is 18.9. The summed E-state index contributed by atoms with van der Waals surface area (Å²) in [5, 5.41) is 48.4. The Kier molecular flexibility index (Phi) is 7.13. The zero-order valence-electron chi connectivity index (χ0n) is 20.5. The number of carboxylic acid groups (broad SMARTS) is 2. The molecule has 13 nitrogen and oxygen atoms in total. The molecule has 40 heavy (non-hydrogen) atoms. The molecular formula is C27H20N2O11. The van der Waals surface area contributed by atoms with Gasteiger partial charge in [0.05, 0.1) is 5.56 Å². The van der Waals surface area contributed by atoms with Crippen LogP contribution in [0.15, 0.2) is 73.5 Å². The molecule has 0 saturated carbocycles. The van der Waals surface area contributed by atoms with Gasteiger partial charge in [0.15, 0.2) is 17.1 Å². The minimum absolute atomic E-state index is 0.00967. The molecule has 2 aliphatic rings. The number of hydrogen-bond donors (Lipinski definition) is 6. The number of nitrogens with zero attached hydrogens (tertiary/aromatic N) is 1. The lowest BCUT2D eigenvalue weighted by Crippen LogP contribution is -2.32. The summed E-state index contributed by atoms with van der Waals surface area (Å²) >= 11 is 0. The van der Waals surface area contributed by atoms with E-state index in [1.807, 2.05) is 4.98 Å². The average Bonchev–Trinajstić information content (AvgIpc) is 2.91. The van der Waals surface area contributed by atoms with Crippen LogP contribution in [-0.2, 0) is 11.3 Å². The van der Waals surface area contributed by atoms with E-state index in [4.69, 9.17) is 9.52 Å². The minimum atomic E-state index is -1.17. The lowest BCUT2D eigenvalue weighted by molar-refractivity contribution is -0.137. The highest BCUT2D eigenvalue weighted by molar-refractivity contribution is 6.09. The molecule has 1 aliphatic heterocycles. The van der Waals surface area contributed by atoms with Gasteiger partial charge in [0, 0.05) is 28.3 Å². The molecule has 0 amide bonds. The first-order valence-electron chi connectivity index (χ1n) is 11.4. The maximum Gasteiger partial charge on any atom is 0.336 e. The number of rotatable bonds is 4. The molecule has 6 N–H and O–H groups in total. The van der Waals surface area contributed by atoms with E-state index in [9.17, 15) is 44.4 Å². The Hall–Kier alpha value is -5.85. The van der Waals surface area contributed by atoms with Crippen molar-refractivity contribution in [3.63, 3.8) is 0 Å². The number of aryl methyl sites for hydroxylation is 1. The Morgan fingerprint density at radius 2 is 1.60 bits per heavy atom. The highest BCUT2D eigenvalue weighted by Crippen LogP contribution is 2.47. The van der Waals surface area contributed by atoms with Crippen LogP contribution in [-0.4, -0.2) is 47.0 Å². The molecule has 204 valence electrons. The van der Waals surface area contributed by atoms with Crippen molar-refractivity contribution in [1.29, 1.82) is 0 Å². The van der Waals surface area contributed by atoms with Crippen LogP contribution < -0.4 is 16.7 Å². The van der Waals surface area contributed by atoms with Crippen molar-refractivity contribution in [3.8, 4) is 39.7 Å². The fourth-order valence-electron chi connectivity index (χ4n) is 4.02. The van der Waals surface area contributed by atoms with Gasteiger partial charge in [-0.2, -0.15) is 0 Å². The van der Waals surface area contributed by atoms with E-state index in [1.165, 1.54) is 37.4 Å². The number of carbonyl (C=O) groups is 2. The Morgan fingerprint density at radius 1 is 0.900 bits per heavy atom. The van der Waals surface area contributed by atoms with E-state index in [1.54, 1.807) is 18.2 Å². The average molecular weight is 548 g/mol. The second-order valence-corrected chi connectivity index (χ2v) is 8.52. The molecule has 0 spiro atoms. The van der Waals surface area contributed by atoms with E-state index in [-0.39, 0.29) is 16.9 Å². The fraction of sp³-hybridized carbons (Fsp3) is 0.0741. The van der Waals surface area contributed by atoms with Crippen molar-refractivity contribution >= 4 is 22.9 Å². The van der Waals surface area contributed by atoms with Gasteiger partial charge in [-0.15, -0.1) is 0 Å². The quantitative estimate of drug-likeness (QED) is 0.141. The fourth-order valence-corrected chi connectivity index (χ4v) is 4.02. The SMILES string of the molecule is Cc1cn(CC(=O)O)c(=O)[nH]c1=O.O=C(O)c1ccccc1-c1c2ccc(=O)c(O)c-2oc2c(O)c(O)ccc12. The van der Waals surface area contributed by atoms with Gasteiger partial charge in [-0.05, 0) is 42.8 Å². The van der Waals surface area contributed by atoms with Crippen LogP contribution in [0.4, 0.5) is 0 Å². The molecule has 13 heteroatoms. The summed E-state index contributed by atoms with van der Waals surface area (Å²) < 4.78 is 6.45. The third kappa shape index (κ3) is 4.98. The normalized spacial score (nSPS) is 10.7. The van der Waals surface area contributed by atoms with Gasteiger partial charge < -0.3 is 29.9 Å². The third-order valence-corrected chi connectivity index (χ3v) is 5.87. The number of aromatic carboxylic acids is 1. The number of phenols is 3. The molecule has 0 fully saturated rings. The Balaban J connectivity index is 0.000000240. The summed E-state index contributed by atoms with van der Waals surface area (Å²) in [6.07, 6.45) is 1.22. The largest absolute Gasteiger partial charge is 0.504 e. The van der Waals surface area contributed by atoms with Crippen LogP contribution in [0.25, 0.3) is 33.4 Å². The van der Waals surface area contributed by atoms with E-state index in [2.05, 4.69) is 0 Å². The lowest BCUT2D eigenvalue weighted by atomic mass is 9.90. The number of H-pyrrole nitrogens is 1. The molecule has 0 atom stereocenters. The number of fused-ring (bicyclic) bond motifs is 2. The highest BCUT2D eigenvalue weighted by Gasteiger charge is 2.26. The van der Waals surface area contributed by atoms with Crippen molar-refractivity contribution in [2.75, 3.05) is 0 Å². The van der Waals surface area contributed by atoms with E-state index >= 15 is 0 Å². The Morgan fingerprint density at radius 3 is 2.27 bits per heavy atom. The lowest BCUT2D eigenvalue weighted by Gasteiger charge is -2.17. The topological polar surface area (TPSA) is 220 Å². The predicted molar refractivity (Wildman–Crippen MR) is 140 cm³/mol. The second kappa shape index (κ2) is 10.5. The summed E-state index contributed by atoms with van der Waals surface area (Å²) in [7, 11) is 0. The van der Waals surface area contributed by atoms with Gasteiger partial charge >= 0.3 is 17.6 Å².